The van der Waals surface area contributed by atoms with Crippen LogP contribution in [0.3, 0.4) is 0 Å². The van der Waals surface area contributed by atoms with Crippen LogP contribution < -0.4 is 10.1 Å². The number of carbonyl (C=O) groups excluding carboxylic acids is 1. The maximum absolute atomic E-state index is 13.9. The van der Waals surface area contributed by atoms with Gasteiger partial charge in [0.15, 0.2) is 6.79 Å². The largest absolute Gasteiger partial charge is 0.467 e. The molecule has 1 heterocycles. The van der Waals surface area contributed by atoms with Crippen molar-refractivity contribution in [2.75, 3.05) is 13.3 Å². The number of ether oxygens (including phenoxy) is 2. The Hall–Kier alpha value is -3.34. The number of halogens is 1. The summed E-state index contributed by atoms with van der Waals surface area (Å²) in [5.41, 5.74) is 2.45. The quantitative estimate of drug-likeness (QED) is 0.610. The van der Waals surface area contributed by atoms with Gasteiger partial charge in [-0.05, 0) is 48.4 Å². The molecule has 0 saturated carbocycles. The summed E-state index contributed by atoms with van der Waals surface area (Å²) in [6.07, 6.45) is 0.429. The van der Waals surface area contributed by atoms with Crippen LogP contribution in [0.1, 0.15) is 27.0 Å². The zero-order valence-electron chi connectivity index (χ0n) is 16.6. The third kappa shape index (κ3) is 4.88. The molecule has 31 heavy (non-hydrogen) atoms. The first-order valence-electron chi connectivity index (χ1n) is 9.72. The Morgan fingerprint density at radius 1 is 1.13 bits per heavy atom. The lowest BCUT2D eigenvalue weighted by Crippen LogP contribution is -2.26. The Morgan fingerprint density at radius 3 is 2.74 bits per heavy atom. The van der Waals surface area contributed by atoms with Crippen LogP contribution in [0.4, 0.5) is 4.39 Å². The van der Waals surface area contributed by atoms with Crippen molar-refractivity contribution in [1.29, 1.82) is 5.26 Å². The number of rotatable bonds is 6. The van der Waals surface area contributed by atoms with E-state index in [1.807, 2.05) is 30.3 Å². The number of nitriles is 1. The van der Waals surface area contributed by atoms with Crippen molar-refractivity contribution in [1.82, 2.24) is 5.32 Å². The molecule has 3 aromatic rings. The smallest absolute Gasteiger partial charge is 0.252 e. The lowest BCUT2D eigenvalue weighted by molar-refractivity contribution is -0.0172. The van der Waals surface area contributed by atoms with E-state index in [4.69, 9.17) is 9.47 Å². The molecule has 0 aliphatic carbocycles. The van der Waals surface area contributed by atoms with Gasteiger partial charge in [0.1, 0.15) is 17.6 Å². The van der Waals surface area contributed by atoms with E-state index in [1.165, 1.54) is 23.9 Å². The number of nitrogens with one attached hydrogen (secondary N) is 1. The summed E-state index contributed by atoms with van der Waals surface area (Å²) >= 11 is 1.38. The first kappa shape index (κ1) is 20.9. The monoisotopic (exact) mass is 434 g/mol. The molecule has 3 aromatic carbocycles. The van der Waals surface area contributed by atoms with E-state index >= 15 is 0 Å². The van der Waals surface area contributed by atoms with E-state index in [1.54, 1.807) is 18.2 Å². The van der Waals surface area contributed by atoms with Crippen LogP contribution in [0, 0.1) is 17.1 Å². The molecule has 4 rings (SSSR count). The predicted molar refractivity (Wildman–Crippen MR) is 114 cm³/mol. The Kier molecular flexibility index (Phi) is 6.51. The Morgan fingerprint density at radius 2 is 1.90 bits per heavy atom. The summed E-state index contributed by atoms with van der Waals surface area (Å²) in [7, 11) is 0. The molecule has 7 heteroatoms. The maximum atomic E-state index is 13.9. The number of hydrogen-bond acceptors (Lipinski definition) is 5. The second-order valence-corrected chi connectivity index (χ2v) is 7.96. The van der Waals surface area contributed by atoms with E-state index in [9.17, 15) is 14.4 Å². The van der Waals surface area contributed by atoms with Crippen LogP contribution in [0.25, 0.3) is 0 Å². The molecule has 1 aliphatic heterocycles. The van der Waals surface area contributed by atoms with E-state index in [0.29, 0.717) is 47.6 Å². The Bertz CT molecular complexity index is 1160. The topological polar surface area (TPSA) is 71.4 Å². The average Bonchev–Trinajstić information content (AvgIpc) is 2.79. The standard InChI is InChI=1S/C24H19FN2O3S/c25-19-11-16(23-18(12-19)14-29-15-30-23)9-10-27-24(28)20-6-2-4-8-22(20)31-21-7-3-1-5-17(21)13-26/h1-8,11-12H,9-10,14-15H2,(H,27,28). The summed E-state index contributed by atoms with van der Waals surface area (Å²) in [4.78, 5) is 14.4. The van der Waals surface area contributed by atoms with E-state index in [2.05, 4.69) is 11.4 Å². The fourth-order valence-electron chi connectivity index (χ4n) is 3.36. The minimum Gasteiger partial charge on any atom is -0.467 e. The molecule has 0 radical (unpaired) electrons. The zero-order valence-corrected chi connectivity index (χ0v) is 17.4. The number of fused-ring (bicyclic) bond motifs is 1. The molecule has 1 aliphatic rings. The van der Waals surface area contributed by atoms with Gasteiger partial charge in [-0.2, -0.15) is 5.26 Å². The van der Waals surface area contributed by atoms with E-state index in [0.717, 1.165) is 9.79 Å². The van der Waals surface area contributed by atoms with Crippen LogP contribution in [-0.2, 0) is 17.8 Å². The molecule has 0 unspecified atom stereocenters. The lowest BCUT2D eigenvalue weighted by Gasteiger charge is -2.21. The second kappa shape index (κ2) is 9.65. The first-order valence-corrected chi connectivity index (χ1v) is 10.5. The van der Waals surface area contributed by atoms with Crippen molar-refractivity contribution in [2.45, 2.75) is 22.8 Å². The van der Waals surface area contributed by atoms with Gasteiger partial charge < -0.3 is 14.8 Å². The van der Waals surface area contributed by atoms with E-state index in [-0.39, 0.29) is 18.5 Å². The number of amides is 1. The van der Waals surface area contributed by atoms with Crippen molar-refractivity contribution in [3.8, 4) is 11.8 Å². The zero-order chi connectivity index (χ0) is 21.6. The summed E-state index contributed by atoms with van der Waals surface area (Å²) in [5, 5.41) is 12.2. The highest BCUT2D eigenvalue weighted by Crippen LogP contribution is 2.33. The third-order valence-electron chi connectivity index (χ3n) is 4.79. The highest BCUT2D eigenvalue weighted by Gasteiger charge is 2.18. The van der Waals surface area contributed by atoms with Crippen LogP contribution >= 0.6 is 11.8 Å². The minimum atomic E-state index is -0.355. The van der Waals surface area contributed by atoms with Crippen molar-refractivity contribution in [2.24, 2.45) is 0 Å². The fourth-order valence-corrected chi connectivity index (χ4v) is 4.38. The summed E-state index contributed by atoms with van der Waals surface area (Å²) in [5.74, 6) is 0.0464. The fraction of sp³-hybridized carbons (Fsp3) is 0.167. The van der Waals surface area contributed by atoms with Gasteiger partial charge in [-0.15, -0.1) is 0 Å². The molecule has 0 aromatic heterocycles. The minimum absolute atomic E-state index is 0.132. The molecule has 0 saturated heterocycles. The predicted octanol–water partition coefficient (Wildman–Crippen LogP) is 4.69. The van der Waals surface area contributed by atoms with E-state index < -0.39 is 0 Å². The molecule has 0 atom stereocenters. The molecule has 0 fully saturated rings. The van der Waals surface area contributed by atoms with Gasteiger partial charge >= 0.3 is 0 Å². The SMILES string of the molecule is N#Cc1ccccc1Sc1ccccc1C(=O)NCCc1cc(F)cc2c1OCOC2. The molecular formula is C24H19FN2O3S. The molecule has 5 nitrogen and oxygen atoms in total. The van der Waals surface area contributed by atoms with Gasteiger partial charge in [0.25, 0.3) is 5.91 Å². The Balaban J connectivity index is 1.46. The van der Waals surface area contributed by atoms with Gasteiger partial charge in [-0.3, -0.25) is 4.79 Å². The Labute approximate surface area is 183 Å². The van der Waals surface area contributed by atoms with Gasteiger partial charge in [-0.1, -0.05) is 36.0 Å². The third-order valence-corrected chi connectivity index (χ3v) is 5.94. The summed E-state index contributed by atoms with van der Waals surface area (Å²) in [6.45, 7) is 0.765. The maximum Gasteiger partial charge on any atom is 0.252 e. The average molecular weight is 434 g/mol. The second-order valence-electron chi connectivity index (χ2n) is 6.88. The van der Waals surface area contributed by atoms with Crippen molar-refractivity contribution in [3.05, 3.63) is 88.7 Å². The van der Waals surface area contributed by atoms with Crippen LogP contribution in [0.15, 0.2) is 70.5 Å². The van der Waals surface area contributed by atoms with Crippen LogP contribution in [-0.4, -0.2) is 19.2 Å². The molecule has 1 amide bonds. The van der Waals surface area contributed by atoms with Crippen LogP contribution in [0.5, 0.6) is 5.75 Å². The van der Waals surface area contributed by atoms with Crippen LogP contribution in [0.2, 0.25) is 0 Å². The molecule has 0 bridgehead atoms. The van der Waals surface area contributed by atoms with Crippen molar-refractivity contribution < 1.29 is 18.7 Å². The number of nitrogens with zero attached hydrogens (tertiary/aromatic N) is 1. The number of hydrogen-bond donors (Lipinski definition) is 1. The van der Waals surface area contributed by atoms with Gasteiger partial charge in [0.05, 0.1) is 17.7 Å². The summed E-state index contributed by atoms with van der Waals surface area (Å²) in [6, 6.07) is 19.5. The summed E-state index contributed by atoms with van der Waals surface area (Å²) < 4.78 is 24.6. The number of carbonyl (C=O) groups is 1. The lowest BCUT2D eigenvalue weighted by atomic mass is 10.1. The normalized spacial score (nSPS) is 12.4. The molecule has 0 spiro atoms. The first-order chi connectivity index (χ1) is 15.2. The van der Waals surface area contributed by atoms with Gasteiger partial charge in [0.2, 0.25) is 0 Å². The molecular weight excluding hydrogens is 415 g/mol. The molecule has 1 N–H and O–H groups in total. The van der Waals surface area contributed by atoms with Crippen molar-refractivity contribution >= 4 is 17.7 Å². The highest BCUT2D eigenvalue weighted by molar-refractivity contribution is 7.99. The van der Waals surface area contributed by atoms with Gasteiger partial charge in [0, 0.05) is 21.9 Å². The van der Waals surface area contributed by atoms with Gasteiger partial charge in [-0.25, -0.2) is 4.39 Å². The molecule has 156 valence electrons. The highest BCUT2D eigenvalue weighted by atomic mass is 32.2. The number of benzene rings is 3. The van der Waals surface area contributed by atoms with Crippen molar-refractivity contribution in [3.63, 3.8) is 0 Å².